The molecule has 2 rings (SSSR count). The highest BCUT2D eigenvalue weighted by Crippen LogP contribution is 2.23. The van der Waals surface area contributed by atoms with Crippen molar-refractivity contribution in [2.75, 3.05) is 13.2 Å². The summed E-state index contributed by atoms with van der Waals surface area (Å²) in [6, 6.07) is 1.72. The van der Waals surface area contributed by atoms with Crippen LogP contribution in [0.15, 0.2) is 6.07 Å². The minimum atomic E-state index is -0.919. The molecule has 0 spiro atoms. The second-order valence-electron chi connectivity index (χ2n) is 3.49. The standard InChI is InChI=1S/C9H13FN2O/c1-6-3-7(2)12(11-6)9-5-13-4-8(9)10/h3,8-9H,4-5H2,1-2H3/t8-,9-/m1/s1. The first-order chi connectivity index (χ1) is 6.18. The van der Waals surface area contributed by atoms with Crippen molar-refractivity contribution in [3.05, 3.63) is 17.5 Å². The maximum absolute atomic E-state index is 13.3. The molecule has 1 aromatic rings. The van der Waals surface area contributed by atoms with Gasteiger partial charge in [-0.25, -0.2) is 4.39 Å². The van der Waals surface area contributed by atoms with Crippen molar-refractivity contribution in [3.8, 4) is 0 Å². The van der Waals surface area contributed by atoms with Crippen LogP contribution in [0.25, 0.3) is 0 Å². The zero-order valence-electron chi connectivity index (χ0n) is 7.83. The molecular weight excluding hydrogens is 171 g/mol. The van der Waals surface area contributed by atoms with E-state index in [1.54, 1.807) is 4.68 Å². The first-order valence-corrected chi connectivity index (χ1v) is 4.43. The van der Waals surface area contributed by atoms with Gasteiger partial charge in [0.05, 0.1) is 18.9 Å². The van der Waals surface area contributed by atoms with Crippen LogP contribution in [0.1, 0.15) is 17.4 Å². The number of aromatic nitrogens is 2. The second-order valence-corrected chi connectivity index (χ2v) is 3.49. The molecule has 0 saturated carbocycles. The molecule has 1 fully saturated rings. The Morgan fingerprint density at radius 2 is 2.31 bits per heavy atom. The maximum atomic E-state index is 13.3. The van der Waals surface area contributed by atoms with Crippen LogP contribution in [0, 0.1) is 13.8 Å². The Hall–Kier alpha value is -0.900. The van der Waals surface area contributed by atoms with Crippen LogP contribution in [0.4, 0.5) is 4.39 Å². The zero-order valence-corrected chi connectivity index (χ0v) is 7.83. The third kappa shape index (κ3) is 1.46. The molecule has 13 heavy (non-hydrogen) atoms. The Bertz CT molecular complexity index is 311. The number of alkyl halides is 1. The first-order valence-electron chi connectivity index (χ1n) is 4.43. The van der Waals surface area contributed by atoms with Gasteiger partial charge in [0.15, 0.2) is 0 Å². The predicted octanol–water partition coefficient (Wildman–Crippen LogP) is 1.41. The van der Waals surface area contributed by atoms with E-state index in [0.29, 0.717) is 6.61 Å². The lowest BCUT2D eigenvalue weighted by Gasteiger charge is -2.12. The van der Waals surface area contributed by atoms with Gasteiger partial charge in [0.2, 0.25) is 0 Å². The molecule has 1 aliphatic heterocycles. The molecular formula is C9H13FN2O. The van der Waals surface area contributed by atoms with Crippen LogP contribution in [0.5, 0.6) is 0 Å². The van der Waals surface area contributed by atoms with E-state index in [-0.39, 0.29) is 12.6 Å². The van der Waals surface area contributed by atoms with E-state index in [0.717, 1.165) is 11.4 Å². The minimum absolute atomic E-state index is 0.197. The van der Waals surface area contributed by atoms with Crippen LogP contribution >= 0.6 is 0 Å². The summed E-state index contributed by atoms with van der Waals surface area (Å²) in [6.07, 6.45) is -0.919. The summed E-state index contributed by atoms with van der Waals surface area (Å²) < 4.78 is 20.1. The van der Waals surface area contributed by atoms with Gasteiger partial charge < -0.3 is 4.74 Å². The van der Waals surface area contributed by atoms with Crippen LogP contribution in [0.3, 0.4) is 0 Å². The zero-order chi connectivity index (χ0) is 9.42. The average molecular weight is 184 g/mol. The topological polar surface area (TPSA) is 27.1 Å². The van der Waals surface area contributed by atoms with Gasteiger partial charge in [-0.05, 0) is 19.9 Å². The fraction of sp³-hybridized carbons (Fsp3) is 0.667. The maximum Gasteiger partial charge on any atom is 0.148 e. The first kappa shape index (κ1) is 8.69. The normalized spacial score (nSPS) is 28.2. The molecule has 0 amide bonds. The van der Waals surface area contributed by atoms with Crippen LogP contribution in [-0.4, -0.2) is 29.2 Å². The number of rotatable bonds is 1. The van der Waals surface area contributed by atoms with Gasteiger partial charge in [-0.3, -0.25) is 4.68 Å². The fourth-order valence-electron chi connectivity index (χ4n) is 1.72. The molecule has 2 atom stereocenters. The lowest BCUT2D eigenvalue weighted by Crippen LogP contribution is -2.20. The Labute approximate surface area is 76.5 Å². The van der Waals surface area contributed by atoms with E-state index < -0.39 is 6.17 Å². The van der Waals surface area contributed by atoms with Crippen molar-refractivity contribution in [3.63, 3.8) is 0 Å². The highest BCUT2D eigenvalue weighted by molar-refractivity contribution is 5.08. The summed E-state index contributed by atoms with van der Waals surface area (Å²) in [5.41, 5.74) is 1.92. The van der Waals surface area contributed by atoms with E-state index in [4.69, 9.17) is 4.74 Å². The molecule has 3 nitrogen and oxygen atoms in total. The van der Waals surface area contributed by atoms with Crippen molar-refractivity contribution in [2.24, 2.45) is 0 Å². The highest BCUT2D eigenvalue weighted by atomic mass is 19.1. The molecule has 0 N–H and O–H groups in total. The third-order valence-electron chi connectivity index (χ3n) is 2.34. The summed E-state index contributed by atoms with van der Waals surface area (Å²) in [5.74, 6) is 0. The van der Waals surface area contributed by atoms with Crippen molar-refractivity contribution in [2.45, 2.75) is 26.1 Å². The summed E-state index contributed by atoms with van der Waals surface area (Å²) in [5, 5.41) is 4.24. The molecule has 4 heteroatoms. The van der Waals surface area contributed by atoms with Crippen LogP contribution < -0.4 is 0 Å². The quantitative estimate of drug-likeness (QED) is 0.659. The SMILES string of the molecule is Cc1cc(C)n([C@@H]2COC[C@H]2F)n1. The number of aryl methyl sites for hydroxylation is 2. The molecule has 1 aliphatic rings. The van der Waals surface area contributed by atoms with Crippen molar-refractivity contribution in [1.82, 2.24) is 9.78 Å². The largest absolute Gasteiger partial charge is 0.376 e. The number of hydrogen-bond acceptors (Lipinski definition) is 2. The number of nitrogens with zero attached hydrogens (tertiary/aromatic N) is 2. The van der Waals surface area contributed by atoms with Gasteiger partial charge in [-0.1, -0.05) is 0 Å². The molecule has 2 heterocycles. The highest BCUT2D eigenvalue weighted by Gasteiger charge is 2.30. The number of halogens is 1. The lowest BCUT2D eigenvalue weighted by atomic mass is 10.2. The van der Waals surface area contributed by atoms with E-state index in [1.165, 1.54) is 0 Å². The molecule has 72 valence electrons. The van der Waals surface area contributed by atoms with E-state index in [2.05, 4.69) is 5.10 Å². The van der Waals surface area contributed by atoms with Gasteiger partial charge in [0.25, 0.3) is 0 Å². The molecule has 0 unspecified atom stereocenters. The molecule has 1 aromatic heterocycles. The third-order valence-corrected chi connectivity index (χ3v) is 2.34. The Morgan fingerprint density at radius 1 is 1.54 bits per heavy atom. The summed E-state index contributed by atoms with van der Waals surface area (Å²) in [6.45, 7) is 4.48. The number of ether oxygens (including phenoxy) is 1. The van der Waals surface area contributed by atoms with Gasteiger partial charge in [0.1, 0.15) is 12.2 Å². The van der Waals surface area contributed by atoms with Gasteiger partial charge in [-0.15, -0.1) is 0 Å². The van der Waals surface area contributed by atoms with Crippen molar-refractivity contribution < 1.29 is 9.13 Å². The Kier molecular flexibility index (Phi) is 2.07. The molecule has 0 radical (unpaired) electrons. The average Bonchev–Trinajstić information content (AvgIpc) is 2.58. The Balaban J connectivity index is 2.28. The van der Waals surface area contributed by atoms with E-state index in [1.807, 2.05) is 19.9 Å². The summed E-state index contributed by atoms with van der Waals surface area (Å²) in [4.78, 5) is 0. The molecule has 0 bridgehead atoms. The summed E-state index contributed by atoms with van der Waals surface area (Å²) in [7, 11) is 0. The monoisotopic (exact) mass is 184 g/mol. The second kappa shape index (κ2) is 3.10. The van der Waals surface area contributed by atoms with Crippen LogP contribution in [0.2, 0.25) is 0 Å². The molecule has 1 saturated heterocycles. The van der Waals surface area contributed by atoms with E-state index in [9.17, 15) is 4.39 Å². The lowest BCUT2D eigenvalue weighted by molar-refractivity contribution is 0.172. The predicted molar refractivity (Wildman–Crippen MR) is 46.5 cm³/mol. The Morgan fingerprint density at radius 3 is 2.77 bits per heavy atom. The molecule has 0 aromatic carbocycles. The van der Waals surface area contributed by atoms with Crippen molar-refractivity contribution in [1.29, 1.82) is 0 Å². The smallest absolute Gasteiger partial charge is 0.148 e. The van der Waals surface area contributed by atoms with Crippen molar-refractivity contribution >= 4 is 0 Å². The van der Waals surface area contributed by atoms with Gasteiger partial charge in [-0.2, -0.15) is 5.10 Å². The van der Waals surface area contributed by atoms with Crippen LogP contribution in [-0.2, 0) is 4.74 Å². The molecule has 0 aliphatic carbocycles. The number of hydrogen-bond donors (Lipinski definition) is 0. The minimum Gasteiger partial charge on any atom is -0.376 e. The van der Waals surface area contributed by atoms with Gasteiger partial charge in [0, 0.05) is 5.69 Å². The summed E-state index contributed by atoms with van der Waals surface area (Å²) >= 11 is 0. The van der Waals surface area contributed by atoms with Gasteiger partial charge >= 0.3 is 0 Å². The van der Waals surface area contributed by atoms with E-state index >= 15 is 0 Å². The fourth-order valence-corrected chi connectivity index (χ4v) is 1.72.